The summed E-state index contributed by atoms with van der Waals surface area (Å²) in [7, 11) is 0. The number of pyridine rings is 1. The van der Waals surface area contributed by atoms with Crippen LogP contribution in [0.1, 0.15) is 34.3 Å². The van der Waals surface area contributed by atoms with Crippen LogP contribution < -0.4 is 10.9 Å². The van der Waals surface area contributed by atoms with E-state index in [1.165, 1.54) is 0 Å². The standard InChI is InChI=1S/C25H26N6O2/c1-16-8-7-12-30-21(32)14-19(27-24(16)30)15-29-13-11-26-25(33)23(29)22-17(2)28-31(18(22)3)20-9-5-4-6-10-20/h4-10,12,14,23H,11,13,15H2,1-3H3,(H,26,33). The van der Waals surface area contributed by atoms with Crippen molar-refractivity contribution in [2.75, 3.05) is 13.1 Å². The fourth-order valence-electron chi connectivity index (χ4n) is 4.67. The van der Waals surface area contributed by atoms with E-state index in [2.05, 4.69) is 10.2 Å². The van der Waals surface area contributed by atoms with E-state index in [9.17, 15) is 9.59 Å². The fraction of sp³-hybridized carbons (Fsp3) is 0.280. The van der Waals surface area contributed by atoms with Crippen molar-refractivity contribution in [3.05, 3.63) is 93.3 Å². The second-order valence-corrected chi connectivity index (χ2v) is 8.47. The van der Waals surface area contributed by atoms with Gasteiger partial charge in [0.1, 0.15) is 11.7 Å². The molecular formula is C25H26N6O2. The highest BCUT2D eigenvalue weighted by atomic mass is 16.2. The average molecular weight is 443 g/mol. The van der Waals surface area contributed by atoms with Crippen molar-refractivity contribution < 1.29 is 4.79 Å². The summed E-state index contributed by atoms with van der Waals surface area (Å²) in [5.74, 6) is -0.0613. The summed E-state index contributed by atoms with van der Waals surface area (Å²) in [5.41, 5.74) is 5.68. The molecule has 1 aliphatic heterocycles. The number of nitrogens with one attached hydrogen (secondary N) is 1. The first-order valence-corrected chi connectivity index (χ1v) is 11.1. The normalized spacial score (nSPS) is 16.8. The SMILES string of the molecule is Cc1nn(-c2ccccc2)c(C)c1C1C(=O)NCCN1Cc1cc(=O)n2cccc(C)c2n1. The smallest absolute Gasteiger partial charge is 0.258 e. The lowest BCUT2D eigenvalue weighted by molar-refractivity contribution is -0.129. The van der Waals surface area contributed by atoms with Gasteiger partial charge in [-0.05, 0) is 44.5 Å². The molecule has 4 heterocycles. The molecule has 5 rings (SSSR count). The first kappa shape index (κ1) is 21.1. The molecule has 4 aromatic rings. The minimum Gasteiger partial charge on any atom is -0.353 e. The van der Waals surface area contributed by atoms with Crippen LogP contribution in [0.5, 0.6) is 0 Å². The summed E-state index contributed by atoms with van der Waals surface area (Å²) in [6, 6.07) is 14.7. The summed E-state index contributed by atoms with van der Waals surface area (Å²) >= 11 is 0. The average Bonchev–Trinajstić information content (AvgIpc) is 3.09. The van der Waals surface area contributed by atoms with E-state index in [4.69, 9.17) is 10.1 Å². The molecule has 1 fully saturated rings. The summed E-state index contributed by atoms with van der Waals surface area (Å²) in [5, 5.41) is 7.74. The number of fused-ring (bicyclic) bond motifs is 1. The minimum absolute atomic E-state index is 0.0613. The number of para-hydroxylation sites is 1. The first-order valence-electron chi connectivity index (χ1n) is 11.1. The molecule has 8 heteroatoms. The van der Waals surface area contributed by atoms with Gasteiger partial charge in [0.15, 0.2) is 0 Å². The Bertz CT molecular complexity index is 1410. The Balaban J connectivity index is 1.55. The van der Waals surface area contributed by atoms with Gasteiger partial charge >= 0.3 is 0 Å². The maximum Gasteiger partial charge on any atom is 0.258 e. The summed E-state index contributed by atoms with van der Waals surface area (Å²) < 4.78 is 3.44. The van der Waals surface area contributed by atoms with Crippen molar-refractivity contribution in [3.8, 4) is 5.69 Å². The second kappa shape index (κ2) is 8.29. The summed E-state index contributed by atoms with van der Waals surface area (Å²) in [4.78, 5) is 32.6. The Kier molecular flexibility index (Phi) is 5.30. The number of hydrogen-bond acceptors (Lipinski definition) is 5. The molecule has 0 radical (unpaired) electrons. The van der Waals surface area contributed by atoms with Crippen LogP contribution in [0.2, 0.25) is 0 Å². The number of nitrogens with zero attached hydrogens (tertiary/aromatic N) is 5. The van der Waals surface area contributed by atoms with Crippen molar-refractivity contribution in [2.24, 2.45) is 0 Å². The van der Waals surface area contributed by atoms with E-state index < -0.39 is 6.04 Å². The van der Waals surface area contributed by atoms with Crippen LogP contribution in [0.4, 0.5) is 0 Å². The van der Waals surface area contributed by atoms with Crippen molar-refractivity contribution in [3.63, 3.8) is 0 Å². The molecule has 1 saturated heterocycles. The lowest BCUT2D eigenvalue weighted by Gasteiger charge is -2.35. The Hall–Kier alpha value is -3.78. The third kappa shape index (κ3) is 3.72. The molecule has 0 spiro atoms. The summed E-state index contributed by atoms with van der Waals surface area (Å²) in [6.45, 7) is 7.46. The van der Waals surface area contributed by atoms with E-state index >= 15 is 0 Å². The molecule has 0 aliphatic carbocycles. The topological polar surface area (TPSA) is 84.5 Å². The van der Waals surface area contributed by atoms with E-state index in [1.807, 2.05) is 67.9 Å². The van der Waals surface area contributed by atoms with Gasteiger partial charge in [0, 0.05) is 43.2 Å². The lowest BCUT2D eigenvalue weighted by Crippen LogP contribution is -2.50. The van der Waals surface area contributed by atoms with Crippen molar-refractivity contribution in [1.29, 1.82) is 0 Å². The van der Waals surface area contributed by atoms with Gasteiger partial charge in [-0.15, -0.1) is 0 Å². The van der Waals surface area contributed by atoms with E-state index in [1.54, 1.807) is 16.7 Å². The van der Waals surface area contributed by atoms with Gasteiger partial charge in [0.05, 0.1) is 17.1 Å². The molecule has 0 saturated carbocycles. The Labute approximate surface area is 191 Å². The van der Waals surface area contributed by atoms with Crippen LogP contribution in [-0.4, -0.2) is 43.1 Å². The zero-order valence-corrected chi connectivity index (χ0v) is 18.9. The van der Waals surface area contributed by atoms with Crippen molar-refractivity contribution in [1.82, 2.24) is 29.4 Å². The molecule has 1 atom stereocenters. The molecule has 1 amide bonds. The molecule has 33 heavy (non-hydrogen) atoms. The molecule has 1 unspecified atom stereocenters. The van der Waals surface area contributed by atoms with Crippen LogP contribution in [0, 0.1) is 20.8 Å². The van der Waals surface area contributed by atoms with Gasteiger partial charge in [-0.2, -0.15) is 5.10 Å². The van der Waals surface area contributed by atoms with Gasteiger partial charge in [-0.25, -0.2) is 9.67 Å². The number of aryl methyl sites for hydroxylation is 2. The number of aromatic nitrogens is 4. The number of piperazine rings is 1. The van der Waals surface area contributed by atoms with Gasteiger partial charge in [-0.3, -0.25) is 18.9 Å². The maximum atomic E-state index is 13.1. The highest BCUT2D eigenvalue weighted by Gasteiger charge is 2.35. The highest BCUT2D eigenvalue weighted by molar-refractivity contribution is 5.84. The van der Waals surface area contributed by atoms with Gasteiger partial charge in [0.25, 0.3) is 5.56 Å². The molecule has 168 valence electrons. The van der Waals surface area contributed by atoms with Crippen LogP contribution >= 0.6 is 0 Å². The van der Waals surface area contributed by atoms with Crippen LogP contribution in [-0.2, 0) is 11.3 Å². The zero-order chi connectivity index (χ0) is 23.1. The molecule has 0 bridgehead atoms. The number of hydrogen-bond donors (Lipinski definition) is 1. The van der Waals surface area contributed by atoms with E-state index in [0.29, 0.717) is 31.0 Å². The number of carbonyl (C=O) groups is 1. The molecule has 8 nitrogen and oxygen atoms in total. The monoisotopic (exact) mass is 442 g/mol. The first-order chi connectivity index (χ1) is 15.9. The second-order valence-electron chi connectivity index (χ2n) is 8.47. The van der Waals surface area contributed by atoms with E-state index in [0.717, 1.165) is 28.2 Å². The van der Waals surface area contributed by atoms with Gasteiger partial charge in [-0.1, -0.05) is 24.3 Å². The third-order valence-corrected chi connectivity index (χ3v) is 6.24. The zero-order valence-electron chi connectivity index (χ0n) is 18.9. The molecule has 3 aromatic heterocycles. The Morgan fingerprint density at radius 2 is 1.85 bits per heavy atom. The van der Waals surface area contributed by atoms with Crippen molar-refractivity contribution >= 4 is 11.6 Å². The van der Waals surface area contributed by atoms with Gasteiger partial charge < -0.3 is 5.32 Å². The van der Waals surface area contributed by atoms with E-state index in [-0.39, 0.29) is 11.5 Å². The predicted octanol–water partition coefficient (Wildman–Crippen LogP) is 2.48. The quantitative estimate of drug-likeness (QED) is 0.525. The number of benzene rings is 1. The molecule has 1 N–H and O–H groups in total. The lowest BCUT2D eigenvalue weighted by atomic mass is 10.00. The third-order valence-electron chi connectivity index (χ3n) is 6.24. The van der Waals surface area contributed by atoms with Crippen molar-refractivity contribution in [2.45, 2.75) is 33.4 Å². The Morgan fingerprint density at radius 1 is 1.06 bits per heavy atom. The highest BCUT2D eigenvalue weighted by Crippen LogP contribution is 2.31. The number of amides is 1. The van der Waals surface area contributed by atoms with Crippen LogP contribution in [0.25, 0.3) is 11.3 Å². The van der Waals surface area contributed by atoms with Crippen LogP contribution in [0.15, 0.2) is 59.5 Å². The summed E-state index contributed by atoms with van der Waals surface area (Å²) in [6.07, 6.45) is 1.73. The molecular weight excluding hydrogens is 416 g/mol. The number of carbonyl (C=O) groups excluding carboxylic acids is 1. The largest absolute Gasteiger partial charge is 0.353 e. The number of rotatable bonds is 4. The minimum atomic E-state index is -0.506. The fourth-order valence-corrected chi connectivity index (χ4v) is 4.67. The van der Waals surface area contributed by atoms with Gasteiger partial charge in [0.2, 0.25) is 5.91 Å². The Morgan fingerprint density at radius 3 is 2.64 bits per heavy atom. The predicted molar refractivity (Wildman–Crippen MR) is 125 cm³/mol. The molecule has 1 aromatic carbocycles. The van der Waals surface area contributed by atoms with Crippen LogP contribution in [0.3, 0.4) is 0 Å². The molecule has 1 aliphatic rings. The maximum absolute atomic E-state index is 13.1.